The third-order valence-corrected chi connectivity index (χ3v) is 6.87. The van der Waals surface area contributed by atoms with Gasteiger partial charge in [-0.3, -0.25) is 14.9 Å². The average molecular weight is 425 g/mol. The lowest BCUT2D eigenvalue weighted by Crippen LogP contribution is -2.53. The number of nitrogens with zero attached hydrogens (tertiary/aromatic N) is 1. The number of halogens is 3. The van der Waals surface area contributed by atoms with Crippen molar-refractivity contribution in [2.45, 2.75) is 44.8 Å². The summed E-state index contributed by atoms with van der Waals surface area (Å²) in [7, 11) is 0. The van der Waals surface area contributed by atoms with Gasteiger partial charge in [0.05, 0.1) is 5.57 Å². The van der Waals surface area contributed by atoms with Crippen molar-refractivity contribution in [2.75, 3.05) is 13.1 Å². The van der Waals surface area contributed by atoms with E-state index in [0.717, 1.165) is 18.9 Å². The molecule has 3 fully saturated rings. The molecular formula is C21H26F3N3O3. The second kappa shape index (κ2) is 7.13. The summed E-state index contributed by atoms with van der Waals surface area (Å²) in [6.07, 6.45) is 1.30. The largest absolute Gasteiger partial charge is 0.416 e. The summed E-state index contributed by atoms with van der Waals surface area (Å²) in [6.45, 7) is 4.37. The molecule has 2 aliphatic carbocycles. The Bertz CT molecular complexity index is 831. The Morgan fingerprint density at radius 1 is 1.23 bits per heavy atom. The van der Waals surface area contributed by atoms with Crippen LogP contribution in [0.5, 0.6) is 0 Å². The van der Waals surface area contributed by atoms with E-state index in [9.17, 15) is 27.6 Å². The lowest BCUT2D eigenvalue weighted by molar-refractivity contribution is -0.138. The normalized spacial score (nSPS) is 32.1. The van der Waals surface area contributed by atoms with E-state index in [1.165, 1.54) is 6.08 Å². The minimum atomic E-state index is -4.40. The topological polar surface area (TPSA) is 78.5 Å². The monoisotopic (exact) mass is 425 g/mol. The van der Waals surface area contributed by atoms with Crippen LogP contribution in [0.1, 0.15) is 33.1 Å². The molecule has 9 heteroatoms. The van der Waals surface area contributed by atoms with Crippen molar-refractivity contribution in [3.05, 3.63) is 23.8 Å². The zero-order valence-electron chi connectivity index (χ0n) is 17.0. The Balaban J connectivity index is 1.51. The maximum atomic E-state index is 13.4. The van der Waals surface area contributed by atoms with Crippen LogP contribution in [0.25, 0.3) is 0 Å². The fraction of sp³-hybridized carbons (Fsp3) is 0.667. The first kappa shape index (κ1) is 20.9. The number of carbonyl (C=O) groups excluding carboxylic acids is 3. The van der Waals surface area contributed by atoms with Crippen molar-refractivity contribution >= 4 is 17.8 Å². The molecule has 0 aromatic carbocycles. The molecule has 0 aromatic rings. The molecule has 2 saturated heterocycles. The maximum absolute atomic E-state index is 13.4. The minimum Gasteiger partial charge on any atom is -0.341 e. The van der Waals surface area contributed by atoms with Gasteiger partial charge in [-0.05, 0) is 31.1 Å². The number of nitrogens with one attached hydrogen (secondary N) is 2. The molecule has 4 rings (SSSR count). The molecule has 4 atom stereocenters. The number of fused-ring (bicyclic) bond motifs is 1. The van der Waals surface area contributed by atoms with Gasteiger partial charge in [-0.15, -0.1) is 0 Å². The van der Waals surface area contributed by atoms with Gasteiger partial charge < -0.3 is 10.2 Å². The number of rotatable bonds is 5. The van der Waals surface area contributed by atoms with Crippen LogP contribution in [-0.4, -0.2) is 47.6 Å². The zero-order valence-corrected chi connectivity index (χ0v) is 17.0. The van der Waals surface area contributed by atoms with Crippen LogP contribution in [0.4, 0.5) is 18.0 Å². The van der Waals surface area contributed by atoms with Crippen molar-refractivity contribution < 1.29 is 27.6 Å². The van der Waals surface area contributed by atoms with Crippen molar-refractivity contribution in [3.63, 3.8) is 0 Å². The van der Waals surface area contributed by atoms with Gasteiger partial charge in [-0.25, -0.2) is 4.79 Å². The van der Waals surface area contributed by atoms with Gasteiger partial charge in [0.15, 0.2) is 0 Å². The standard InChI is InChI=1S/C21H26F3N3O3/c1-11(2)16(8-20(14-5-6-14)18(29)25-19(30)26-20)17(28)27-9-12-3-4-15(21(22,23)24)7-13(12)10-27/h3-4,7,11-14,16H,5-6,8-10H2,1-2H3,(H2,25,26,29,30)/t12?,13?,16-,20+/m1/s1. The molecule has 2 unspecified atom stereocenters. The number of hydrogen-bond donors (Lipinski definition) is 2. The first-order valence-corrected chi connectivity index (χ1v) is 10.4. The summed E-state index contributed by atoms with van der Waals surface area (Å²) >= 11 is 0. The van der Waals surface area contributed by atoms with Crippen molar-refractivity contribution in [1.29, 1.82) is 0 Å². The van der Waals surface area contributed by atoms with Crippen LogP contribution in [0, 0.1) is 29.6 Å². The Morgan fingerprint density at radius 2 is 1.90 bits per heavy atom. The highest BCUT2D eigenvalue weighted by Crippen LogP contribution is 2.46. The quantitative estimate of drug-likeness (QED) is 0.665. The van der Waals surface area contributed by atoms with Crippen LogP contribution in [0.2, 0.25) is 0 Å². The van der Waals surface area contributed by atoms with E-state index in [-0.39, 0.29) is 48.5 Å². The second-order valence-corrected chi connectivity index (χ2v) is 9.26. The van der Waals surface area contributed by atoms with Gasteiger partial charge in [0, 0.05) is 30.8 Å². The van der Waals surface area contributed by atoms with Crippen LogP contribution < -0.4 is 10.6 Å². The predicted octanol–water partition coefficient (Wildman–Crippen LogP) is 2.77. The van der Waals surface area contributed by atoms with E-state index in [2.05, 4.69) is 10.6 Å². The van der Waals surface area contributed by atoms with Gasteiger partial charge in [0.25, 0.3) is 5.91 Å². The third-order valence-electron chi connectivity index (χ3n) is 6.87. The Kier molecular flexibility index (Phi) is 4.97. The highest BCUT2D eigenvalue weighted by atomic mass is 19.4. The van der Waals surface area contributed by atoms with E-state index < -0.39 is 29.2 Å². The maximum Gasteiger partial charge on any atom is 0.416 e. The molecule has 0 aromatic heterocycles. The van der Waals surface area contributed by atoms with Crippen LogP contribution in [-0.2, 0) is 9.59 Å². The first-order valence-electron chi connectivity index (χ1n) is 10.4. The van der Waals surface area contributed by atoms with Crippen LogP contribution in [0.15, 0.2) is 23.8 Å². The molecule has 1 saturated carbocycles. The number of amides is 4. The smallest absolute Gasteiger partial charge is 0.341 e. The highest BCUT2D eigenvalue weighted by Gasteiger charge is 2.57. The number of alkyl halides is 3. The fourth-order valence-corrected chi connectivity index (χ4v) is 4.99. The molecule has 2 aliphatic heterocycles. The summed E-state index contributed by atoms with van der Waals surface area (Å²) in [6, 6.07) is -0.538. The first-order chi connectivity index (χ1) is 14.0. The van der Waals surface area contributed by atoms with E-state index >= 15 is 0 Å². The van der Waals surface area contributed by atoms with Crippen molar-refractivity contribution in [2.24, 2.45) is 29.6 Å². The molecule has 4 aliphatic rings. The molecule has 2 heterocycles. The molecule has 0 bridgehead atoms. The SMILES string of the molecule is CC(C)[C@@H](C[C@@]1(C2CC2)NC(=O)NC1=O)C(=O)N1CC2C=CC(C(F)(F)F)=CC2C1. The molecule has 30 heavy (non-hydrogen) atoms. The molecule has 0 spiro atoms. The molecular weight excluding hydrogens is 399 g/mol. The van der Waals surface area contributed by atoms with Crippen molar-refractivity contribution in [3.8, 4) is 0 Å². The fourth-order valence-electron chi connectivity index (χ4n) is 4.99. The summed E-state index contributed by atoms with van der Waals surface area (Å²) in [5, 5.41) is 5.07. The highest BCUT2D eigenvalue weighted by molar-refractivity contribution is 6.07. The van der Waals surface area contributed by atoms with E-state index in [0.29, 0.717) is 6.54 Å². The van der Waals surface area contributed by atoms with E-state index in [1.54, 1.807) is 11.0 Å². The summed E-state index contributed by atoms with van der Waals surface area (Å²) in [4.78, 5) is 39.4. The lowest BCUT2D eigenvalue weighted by Gasteiger charge is -2.34. The zero-order chi connectivity index (χ0) is 21.8. The Morgan fingerprint density at radius 3 is 2.43 bits per heavy atom. The Labute approximate surface area is 172 Å². The van der Waals surface area contributed by atoms with Gasteiger partial charge in [0.2, 0.25) is 5.91 Å². The number of hydrogen-bond acceptors (Lipinski definition) is 3. The predicted molar refractivity (Wildman–Crippen MR) is 102 cm³/mol. The third kappa shape index (κ3) is 3.63. The summed E-state index contributed by atoms with van der Waals surface area (Å²) < 4.78 is 39.1. The summed E-state index contributed by atoms with van der Waals surface area (Å²) in [5.74, 6) is -1.63. The minimum absolute atomic E-state index is 0.0133. The summed E-state index contributed by atoms with van der Waals surface area (Å²) in [5.41, 5.74) is -1.74. The number of carbonyl (C=O) groups is 3. The number of allylic oxidation sites excluding steroid dienone is 2. The van der Waals surface area contributed by atoms with Crippen LogP contribution in [0.3, 0.4) is 0 Å². The molecule has 0 radical (unpaired) electrons. The van der Waals surface area contributed by atoms with Gasteiger partial charge in [0.1, 0.15) is 5.54 Å². The second-order valence-electron chi connectivity index (χ2n) is 9.26. The van der Waals surface area contributed by atoms with Crippen molar-refractivity contribution in [1.82, 2.24) is 15.5 Å². The van der Waals surface area contributed by atoms with Gasteiger partial charge in [-0.1, -0.05) is 32.1 Å². The van der Waals surface area contributed by atoms with Gasteiger partial charge in [-0.2, -0.15) is 13.2 Å². The number of imide groups is 1. The lowest BCUT2D eigenvalue weighted by atomic mass is 9.78. The number of urea groups is 1. The molecule has 164 valence electrons. The van der Waals surface area contributed by atoms with Crippen LogP contribution >= 0.6 is 0 Å². The average Bonchev–Trinajstić information content (AvgIpc) is 3.35. The van der Waals surface area contributed by atoms with E-state index in [4.69, 9.17) is 0 Å². The Hall–Kier alpha value is -2.32. The van der Waals surface area contributed by atoms with Gasteiger partial charge >= 0.3 is 12.2 Å². The number of likely N-dealkylation sites (tertiary alicyclic amines) is 1. The molecule has 6 nitrogen and oxygen atoms in total. The van der Waals surface area contributed by atoms with E-state index in [1.807, 2.05) is 13.8 Å². The molecule has 4 amide bonds. The molecule has 2 N–H and O–H groups in total.